The van der Waals surface area contributed by atoms with Crippen LogP contribution < -0.4 is 0 Å². The molecule has 0 bridgehead atoms. The Labute approximate surface area is 98.3 Å². The van der Waals surface area contributed by atoms with Crippen molar-refractivity contribution < 1.29 is 9.84 Å². The second kappa shape index (κ2) is 6.66. The second-order valence-corrected chi connectivity index (χ2v) is 4.34. The van der Waals surface area contributed by atoms with Gasteiger partial charge in [-0.1, -0.05) is 37.3 Å². The molecule has 1 rings (SSSR count). The van der Waals surface area contributed by atoms with Gasteiger partial charge in [-0.25, -0.2) is 0 Å². The van der Waals surface area contributed by atoms with Crippen LogP contribution in [-0.2, 0) is 4.74 Å². The Morgan fingerprint density at radius 2 is 1.81 bits per heavy atom. The standard InChI is InChI=1S/C14H22O2/c1-4-14(13-8-6-5-7-9-13)16-12(3)10-11(2)15/h5-9,11-12,14-15H,4,10H2,1-3H3/t11-,12-,14+/m1/s1. The molecule has 0 aliphatic rings. The third-order valence-electron chi connectivity index (χ3n) is 2.61. The summed E-state index contributed by atoms with van der Waals surface area (Å²) >= 11 is 0. The number of hydrogen-bond donors (Lipinski definition) is 1. The SMILES string of the molecule is CC[C@H](O[C@H](C)C[C@@H](C)O)c1ccccc1. The predicted octanol–water partition coefficient (Wildman–Crippen LogP) is 3.31. The van der Waals surface area contributed by atoms with Crippen molar-refractivity contribution in [3.05, 3.63) is 35.9 Å². The number of benzene rings is 1. The monoisotopic (exact) mass is 222 g/mol. The molecule has 90 valence electrons. The number of aliphatic hydroxyl groups excluding tert-OH is 1. The van der Waals surface area contributed by atoms with Gasteiger partial charge in [-0.3, -0.25) is 0 Å². The first-order chi connectivity index (χ1) is 7.63. The molecule has 0 amide bonds. The molecule has 2 heteroatoms. The Hall–Kier alpha value is -0.860. The lowest BCUT2D eigenvalue weighted by Crippen LogP contribution is -2.18. The van der Waals surface area contributed by atoms with Crippen LogP contribution in [0.1, 0.15) is 45.3 Å². The van der Waals surface area contributed by atoms with E-state index in [0.29, 0.717) is 6.42 Å². The Morgan fingerprint density at radius 1 is 1.19 bits per heavy atom. The lowest BCUT2D eigenvalue weighted by molar-refractivity contribution is -0.0270. The third-order valence-corrected chi connectivity index (χ3v) is 2.61. The highest BCUT2D eigenvalue weighted by molar-refractivity contribution is 5.17. The maximum absolute atomic E-state index is 9.30. The summed E-state index contributed by atoms with van der Waals surface area (Å²) in [6.07, 6.45) is 1.56. The van der Waals surface area contributed by atoms with Crippen molar-refractivity contribution >= 4 is 0 Å². The molecule has 0 fully saturated rings. The van der Waals surface area contributed by atoms with Crippen molar-refractivity contribution in [2.24, 2.45) is 0 Å². The normalized spacial score (nSPS) is 16.8. The smallest absolute Gasteiger partial charge is 0.0825 e. The summed E-state index contributed by atoms with van der Waals surface area (Å²) < 4.78 is 5.94. The first-order valence-electron chi connectivity index (χ1n) is 6.02. The van der Waals surface area contributed by atoms with E-state index in [1.807, 2.05) is 25.1 Å². The molecule has 0 saturated carbocycles. The fourth-order valence-corrected chi connectivity index (χ4v) is 1.89. The summed E-state index contributed by atoms with van der Waals surface area (Å²) in [4.78, 5) is 0. The van der Waals surface area contributed by atoms with Crippen molar-refractivity contribution in [1.29, 1.82) is 0 Å². The van der Waals surface area contributed by atoms with E-state index in [2.05, 4.69) is 19.1 Å². The van der Waals surface area contributed by atoms with Crippen LogP contribution in [0.2, 0.25) is 0 Å². The average molecular weight is 222 g/mol. The van der Waals surface area contributed by atoms with Gasteiger partial charge in [0.05, 0.1) is 18.3 Å². The molecule has 0 heterocycles. The van der Waals surface area contributed by atoms with Gasteiger partial charge < -0.3 is 9.84 Å². The summed E-state index contributed by atoms with van der Waals surface area (Å²) in [6, 6.07) is 10.2. The van der Waals surface area contributed by atoms with Crippen LogP contribution in [0.15, 0.2) is 30.3 Å². The summed E-state index contributed by atoms with van der Waals surface area (Å²) in [5, 5.41) is 9.30. The first-order valence-corrected chi connectivity index (χ1v) is 6.02. The average Bonchev–Trinajstić information content (AvgIpc) is 2.26. The zero-order valence-electron chi connectivity index (χ0n) is 10.4. The number of rotatable bonds is 6. The third kappa shape index (κ3) is 4.33. The lowest BCUT2D eigenvalue weighted by Gasteiger charge is -2.22. The fraction of sp³-hybridized carbons (Fsp3) is 0.571. The van der Waals surface area contributed by atoms with Crippen LogP contribution in [0.3, 0.4) is 0 Å². The van der Waals surface area contributed by atoms with Crippen molar-refractivity contribution in [1.82, 2.24) is 0 Å². The summed E-state index contributed by atoms with van der Waals surface area (Å²) in [6.45, 7) is 5.93. The fourth-order valence-electron chi connectivity index (χ4n) is 1.89. The zero-order chi connectivity index (χ0) is 12.0. The minimum Gasteiger partial charge on any atom is -0.393 e. The van der Waals surface area contributed by atoms with Crippen molar-refractivity contribution in [2.45, 2.75) is 51.9 Å². The van der Waals surface area contributed by atoms with Gasteiger partial charge >= 0.3 is 0 Å². The molecular formula is C14H22O2. The zero-order valence-corrected chi connectivity index (χ0v) is 10.4. The van der Waals surface area contributed by atoms with Crippen LogP contribution >= 0.6 is 0 Å². The number of aliphatic hydroxyl groups is 1. The van der Waals surface area contributed by atoms with E-state index in [9.17, 15) is 5.11 Å². The highest BCUT2D eigenvalue weighted by Crippen LogP contribution is 2.23. The van der Waals surface area contributed by atoms with Crippen LogP contribution in [0.5, 0.6) is 0 Å². The van der Waals surface area contributed by atoms with Gasteiger partial charge in [0.2, 0.25) is 0 Å². The van der Waals surface area contributed by atoms with Gasteiger partial charge in [0.25, 0.3) is 0 Å². The summed E-state index contributed by atoms with van der Waals surface area (Å²) in [7, 11) is 0. The Bertz CT molecular complexity index is 282. The number of ether oxygens (including phenoxy) is 1. The molecule has 0 aliphatic heterocycles. The topological polar surface area (TPSA) is 29.5 Å². The molecule has 1 aromatic rings. The van der Waals surface area contributed by atoms with Crippen molar-refractivity contribution in [2.75, 3.05) is 0 Å². The quantitative estimate of drug-likeness (QED) is 0.800. The lowest BCUT2D eigenvalue weighted by atomic mass is 10.1. The van der Waals surface area contributed by atoms with E-state index in [1.165, 1.54) is 5.56 Å². The molecule has 0 saturated heterocycles. The number of hydrogen-bond acceptors (Lipinski definition) is 2. The Balaban J connectivity index is 2.56. The molecule has 0 unspecified atom stereocenters. The minimum absolute atomic E-state index is 0.0881. The minimum atomic E-state index is -0.303. The van der Waals surface area contributed by atoms with Gasteiger partial charge in [0, 0.05) is 0 Å². The van der Waals surface area contributed by atoms with Gasteiger partial charge in [-0.05, 0) is 32.3 Å². The molecule has 3 atom stereocenters. The summed E-state index contributed by atoms with van der Waals surface area (Å²) in [5.74, 6) is 0. The van der Waals surface area contributed by atoms with Gasteiger partial charge in [-0.2, -0.15) is 0 Å². The molecule has 1 N–H and O–H groups in total. The largest absolute Gasteiger partial charge is 0.393 e. The van der Waals surface area contributed by atoms with Crippen molar-refractivity contribution in [3.8, 4) is 0 Å². The van der Waals surface area contributed by atoms with Crippen LogP contribution in [-0.4, -0.2) is 17.3 Å². The Morgan fingerprint density at radius 3 is 2.31 bits per heavy atom. The summed E-state index contributed by atoms with van der Waals surface area (Å²) in [5.41, 5.74) is 1.21. The van der Waals surface area contributed by atoms with Gasteiger partial charge in [0.15, 0.2) is 0 Å². The highest BCUT2D eigenvalue weighted by Gasteiger charge is 2.14. The maximum Gasteiger partial charge on any atom is 0.0825 e. The van der Waals surface area contributed by atoms with E-state index >= 15 is 0 Å². The Kier molecular flexibility index (Phi) is 5.50. The van der Waals surface area contributed by atoms with E-state index < -0.39 is 0 Å². The second-order valence-electron chi connectivity index (χ2n) is 4.34. The predicted molar refractivity (Wildman–Crippen MR) is 66.3 cm³/mol. The van der Waals surface area contributed by atoms with E-state index in [0.717, 1.165) is 6.42 Å². The van der Waals surface area contributed by atoms with Crippen LogP contribution in [0.25, 0.3) is 0 Å². The van der Waals surface area contributed by atoms with E-state index in [4.69, 9.17) is 4.74 Å². The highest BCUT2D eigenvalue weighted by atomic mass is 16.5. The van der Waals surface area contributed by atoms with E-state index in [-0.39, 0.29) is 18.3 Å². The molecule has 0 radical (unpaired) electrons. The molecular weight excluding hydrogens is 200 g/mol. The molecule has 16 heavy (non-hydrogen) atoms. The molecule has 2 nitrogen and oxygen atoms in total. The van der Waals surface area contributed by atoms with Crippen LogP contribution in [0, 0.1) is 0 Å². The van der Waals surface area contributed by atoms with E-state index in [1.54, 1.807) is 6.92 Å². The van der Waals surface area contributed by atoms with Crippen molar-refractivity contribution in [3.63, 3.8) is 0 Å². The molecule has 0 aromatic heterocycles. The molecule has 0 aliphatic carbocycles. The molecule has 1 aromatic carbocycles. The molecule has 0 spiro atoms. The van der Waals surface area contributed by atoms with Crippen LogP contribution in [0.4, 0.5) is 0 Å². The first kappa shape index (κ1) is 13.2. The maximum atomic E-state index is 9.30. The van der Waals surface area contributed by atoms with Gasteiger partial charge in [0.1, 0.15) is 0 Å². The van der Waals surface area contributed by atoms with Gasteiger partial charge in [-0.15, -0.1) is 0 Å².